The van der Waals surface area contributed by atoms with Crippen LogP contribution in [-0.2, 0) is 0 Å². The zero-order valence-electron chi connectivity index (χ0n) is 15.3. The molecule has 0 spiro atoms. The molecular weight excluding hydrogens is 398 g/mol. The van der Waals surface area contributed by atoms with Crippen LogP contribution in [0.25, 0.3) is 11.1 Å². The van der Waals surface area contributed by atoms with Crippen LogP contribution in [-0.4, -0.2) is 26.1 Å². The van der Waals surface area contributed by atoms with E-state index in [0.717, 1.165) is 31.5 Å². The molecular formula is C20H22ClF4NO2. The lowest BCUT2D eigenvalue weighted by Gasteiger charge is -2.23. The number of hydrogen-bond acceptors (Lipinski definition) is 3. The molecule has 0 amide bonds. The molecule has 0 bridgehead atoms. The topological polar surface area (TPSA) is 30.5 Å². The normalized spacial score (nSPS) is 15.0. The minimum Gasteiger partial charge on any atom is -0.489 e. The van der Waals surface area contributed by atoms with E-state index in [1.54, 1.807) is 19.1 Å². The molecule has 0 radical (unpaired) electrons. The van der Waals surface area contributed by atoms with Crippen LogP contribution in [0.4, 0.5) is 17.6 Å². The van der Waals surface area contributed by atoms with Gasteiger partial charge in [-0.05, 0) is 68.1 Å². The molecule has 0 saturated carbocycles. The van der Waals surface area contributed by atoms with Crippen LogP contribution in [0.2, 0.25) is 0 Å². The van der Waals surface area contributed by atoms with E-state index in [9.17, 15) is 17.6 Å². The average molecular weight is 420 g/mol. The number of alkyl halides is 3. The molecule has 3 rings (SSSR count). The largest absolute Gasteiger partial charge is 0.573 e. The molecule has 0 atom stereocenters. The first kappa shape index (κ1) is 22.3. The first-order valence-corrected chi connectivity index (χ1v) is 8.81. The second kappa shape index (κ2) is 9.47. The summed E-state index contributed by atoms with van der Waals surface area (Å²) in [5.74, 6) is -0.649. The van der Waals surface area contributed by atoms with Crippen molar-refractivity contribution < 1.29 is 27.0 Å². The zero-order chi connectivity index (χ0) is 19.4. The molecule has 1 saturated heterocycles. The molecule has 2 aromatic rings. The Hall–Kier alpha value is -1.99. The van der Waals surface area contributed by atoms with Crippen LogP contribution in [0, 0.1) is 18.7 Å². The van der Waals surface area contributed by atoms with E-state index in [1.807, 2.05) is 0 Å². The van der Waals surface area contributed by atoms with Gasteiger partial charge in [0.2, 0.25) is 0 Å². The molecule has 1 heterocycles. The van der Waals surface area contributed by atoms with Gasteiger partial charge < -0.3 is 14.8 Å². The quantitative estimate of drug-likeness (QED) is 0.649. The van der Waals surface area contributed by atoms with Gasteiger partial charge in [-0.3, -0.25) is 0 Å². The van der Waals surface area contributed by atoms with Crippen molar-refractivity contribution in [1.82, 2.24) is 5.32 Å². The van der Waals surface area contributed by atoms with Crippen molar-refractivity contribution in [3.8, 4) is 22.6 Å². The van der Waals surface area contributed by atoms with Gasteiger partial charge in [-0.15, -0.1) is 25.6 Å². The van der Waals surface area contributed by atoms with Crippen molar-refractivity contribution in [2.75, 3.05) is 19.7 Å². The van der Waals surface area contributed by atoms with Gasteiger partial charge in [0, 0.05) is 5.56 Å². The highest BCUT2D eigenvalue weighted by molar-refractivity contribution is 5.85. The summed E-state index contributed by atoms with van der Waals surface area (Å²) in [7, 11) is 0. The van der Waals surface area contributed by atoms with E-state index in [0.29, 0.717) is 11.1 Å². The lowest BCUT2D eigenvalue weighted by atomic mass is 9.99. The van der Waals surface area contributed by atoms with Crippen LogP contribution in [0.3, 0.4) is 0 Å². The summed E-state index contributed by atoms with van der Waals surface area (Å²) in [6, 6.07) is 8.68. The van der Waals surface area contributed by atoms with Gasteiger partial charge in [-0.1, -0.05) is 18.2 Å². The number of rotatable bonds is 5. The maximum absolute atomic E-state index is 14.3. The fourth-order valence-electron chi connectivity index (χ4n) is 3.11. The molecule has 0 aromatic heterocycles. The Bertz CT molecular complexity index is 792. The molecule has 1 aliphatic rings. The van der Waals surface area contributed by atoms with Crippen LogP contribution in [0.5, 0.6) is 11.5 Å². The molecule has 3 nitrogen and oxygen atoms in total. The molecule has 154 valence electrons. The highest BCUT2D eigenvalue weighted by Crippen LogP contribution is 2.37. The van der Waals surface area contributed by atoms with Gasteiger partial charge in [-0.2, -0.15) is 0 Å². The van der Waals surface area contributed by atoms with Crippen LogP contribution in [0.15, 0.2) is 36.4 Å². The maximum atomic E-state index is 14.3. The van der Waals surface area contributed by atoms with Gasteiger partial charge in [-0.25, -0.2) is 4.39 Å². The SMILES string of the molecule is Cc1ccc(-c2ccc(OC(F)(F)F)c(OCC3CCNCC3)c2)c(F)c1.Cl. The first-order valence-electron chi connectivity index (χ1n) is 8.81. The Kier molecular flexibility index (Phi) is 7.55. The van der Waals surface area contributed by atoms with Crippen LogP contribution >= 0.6 is 12.4 Å². The van der Waals surface area contributed by atoms with E-state index < -0.39 is 17.9 Å². The maximum Gasteiger partial charge on any atom is 0.573 e. The Morgan fingerprint density at radius 3 is 2.39 bits per heavy atom. The summed E-state index contributed by atoms with van der Waals surface area (Å²) in [6.45, 7) is 3.76. The minimum atomic E-state index is -4.83. The molecule has 1 aliphatic heterocycles. The second-order valence-corrected chi connectivity index (χ2v) is 6.70. The van der Waals surface area contributed by atoms with Gasteiger partial charge in [0.25, 0.3) is 0 Å². The molecule has 0 unspecified atom stereocenters. The first-order chi connectivity index (χ1) is 12.8. The van der Waals surface area contributed by atoms with Crippen molar-refractivity contribution in [3.63, 3.8) is 0 Å². The Balaban J connectivity index is 0.00000280. The summed E-state index contributed by atoms with van der Waals surface area (Å²) >= 11 is 0. The summed E-state index contributed by atoms with van der Waals surface area (Å²) in [5.41, 5.74) is 1.49. The number of ether oxygens (including phenoxy) is 2. The van der Waals surface area contributed by atoms with Gasteiger partial charge >= 0.3 is 6.36 Å². The highest BCUT2D eigenvalue weighted by Gasteiger charge is 2.32. The molecule has 1 fully saturated rings. The van der Waals surface area contributed by atoms with Crippen molar-refractivity contribution in [1.29, 1.82) is 0 Å². The number of nitrogens with one attached hydrogen (secondary N) is 1. The van der Waals surface area contributed by atoms with Gasteiger partial charge in [0.05, 0.1) is 6.61 Å². The predicted octanol–water partition coefficient (Wildman–Crippen LogP) is 5.50. The summed E-state index contributed by atoms with van der Waals surface area (Å²) < 4.78 is 62.1. The summed E-state index contributed by atoms with van der Waals surface area (Å²) in [4.78, 5) is 0. The fourth-order valence-corrected chi connectivity index (χ4v) is 3.11. The standard InChI is InChI=1S/C20H21F4NO2.ClH/c1-13-2-4-16(17(21)10-13)15-3-5-18(27-20(22,23)24)19(11-15)26-12-14-6-8-25-9-7-14;/h2-5,10-11,14,25H,6-9,12H2,1H3;1H. The number of halogens is 5. The average Bonchev–Trinajstić information content (AvgIpc) is 2.61. The molecule has 1 N–H and O–H groups in total. The fraction of sp³-hybridized carbons (Fsp3) is 0.400. The Labute approximate surface area is 167 Å². The van der Waals surface area contributed by atoms with Crippen molar-refractivity contribution >= 4 is 12.4 Å². The third-order valence-corrected chi connectivity index (χ3v) is 4.54. The zero-order valence-corrected chi connectivity index (χ0v) is 16.1. The lowest BCUT2D eigenvalue weighted by molar-refractivity contribution is -0.275. The van der Waals surface area contributed by atoms with Crippen LogP contribution in [0.1, 0.15) is 18.4 Å². The van der Waals surface area contributed by atoms with E-state index in [2.05, 4.69) is 10.1 Å². The molecule has 0 aliphatic carbocycles. The van der Waals surface area contributed by atoms with E-state index in [4.69, 9.17) is 4.74 Å². The van der Waals surface area contributed by atoms with Crippen molar-refractivity contribution in [3.05, 3.63) is 47.8 Å². The third kappa shape index (κ3) is 6.01. The van der Waals surface area contributed by atoms with Gasteiger partial charge in [0.1, 0.15) is 5.82 Å². The second-order valence-electron chi connectivity index (χ2n) is 6.70. The number of hydrogen-bond donors (Lipinski definition) is 1. The number of aryl methyl sites for hydroxylation is 1. The van der Waals surface area contributed by atoms with E-state index in [-0.39, 0.29) is 30.7 Å². The molecule has 28 heavy (non-hydrogen) atoms. The van der Waals surface area contributed by atoms with E-state index >= 15 is 0 Å². The predicted molar refractivity (Wildman–Crippen MR) is 102 cm³/mol. The monoisotopic (exact) mass is 419 g/mol. The molecule has 8 heteroatoms. The Morgan fingerprint density at radius 1 is 1.04 bits per heavy atom. The Morgan fingerprint density at radius 2 is 1.75 bits per heavy atom. The summed E-state index contributed by atoms with van der Waals surface area (Å²) in [6.07, 6.45) is -3.05. The van der Waals surface area contributed by atoms with Crippen LogP contribution < -0.4 is 14.8 Å². The number of benzene rings is 2. The third-order valence-electron chi connectivity index (χ3n) is 4.54. The molecule has 2 aromatic carbocycles. The lowest BCUT2D eigenvalue weighted by Crippen LogP contribution is -2.30. The van der Waals surface area contributed by atoms with Crippen molar-refractivity contribution in [2.24, 2.45) is 5.92 Å². The smallest absolute Gasteiger partial charge is 0.489 e. The van der Waals surface area contributed by atoms with Crippen molar-refractivity contribution in [2.45, 2.75) is 26.1 Å². The van der Waals surface area contributed by atoms with Gasteiger partial charge in [0.15, 0.2) is 11.5 Å². The summed E-state index contributed by atoms with van der Waals surface area (Å²) in [5, 5.41) is 3.23. The number of piperidine rings is 1. The minimum absolute atomic E-state index is 0. The van der Waals surface area contributed by atoms with E-state index in [1.165, 1.54) is 24.3 Å². The highest BCUT2D eigenvalue weighted by atomic mass is 35.5.